The van der Waals surface area contributed by atoms with Gasteiger partial charge in [0.2, 0.25) is 10.0 Å². The lowest BCUT2D eigenvalue weighted by molar-refractivity contribution is 0.380. The van der Waals surface area contributed by atoms with Crippen molar-refractivity contribution < 1.29 is 12.9 Å². The molecule has 6 nitrogen and oxygen atoms in total. The topological polar surface area (TPSA) is 98.2 Å². The molecule has 1 aromatic heterocycles. The molecule has 7 heteroatoms. The van der Waals surface area contributed by atoms with Gasteiger partial charge in [0.1, 0.15) is 0 Å². The molecule has 96 valence electrons. The summed E-state index contributed by atoms with van der Waals surface area (Å²) in [5.41, 5.74) is 6.71. The maximum atomic E-state index is 12.0. The largest absolute Gasteiger partial charge is 0.399 e. The smallest absolute Gasteiger partial charge is 0.241 e. The van der Waals surface area contributed by atoms with Gasteiger partial charge in [-0.3, -0.25) is 0 Å². The molecule has 0 amide bonds. The Bertz CT molecular complexity index is 636. The number of hydrogen-bond acceptors (Lipinski definition) is 5. The third-order valence-electron chi connectivity index (χ3n) is 2.42. The molecular formula is C11H13N3O3S. The van der Waals surface area contributed by atoms with Gasteiger partial charge in [-0.25, -0.2) is 13.1 Å². The van der Waals surface area contributed by atoms with Crippen LogP contribution < -0.4 is 10.5 Å². The Hall–Kier alpha value is -1.86. The molecule has 0 aliphatic rings. The van der Waals surface area contributed by atoms with Gasteiger partial charge in [0.25, 0.3) is 0 Å². The van der Waals surface area contributed by atoms with Crippen LogP contribution in [0.1, 0.15) is 11.3 Å². The van der Waals surface area contributed by atoms with Crippen molar-refractivity contribution >= 4 is 15.7 Å². The van der Waals surface area contributed by atoms with Crippen LogP contribution in [0.5, 0.6) is 0 Å². The van der Waals surface area contributed by atoms with Gasteiger partial charge < -0.3 is 10.3 Å². The molecule has 0 saturated carbocycles. The second kappa shape index (κ2) is 4.79. The molecule has 0 radical (unpaired) electrons. The fraction of sp³-hybridized carbons (Fsp3) is 0.182. The first-order chi connectivity index (χ1) is 8.49. The second-order valence-electron chi connectivity index (χ2n) is 3.83. The predicted octanol–water partition coefficient (Wildman–Crippen LogP) is 1.04. The van der Waals surface area contributed by atoms with Crippen molar-refractivity contribution in [3.05, 3.63) is 41.8 Å². The van der Waals surface area contributed by atoms with E-state index in [2.05, 4.69) is 9.88 Å². The van der Waals surface area contributed by atoms with E-state index in [9.17, 15) is 8.42 Å². The summed E-state index contributed by atoms with van der Waals surface area (Å²) in [6.45, 7) is 1.76. The second-order valence-corrected chi connectivity index (χ2v) is 5.56. The van der Waals surface area contributed by atoms with Crippen molar-refractivity contribution in [3.63, 3.8) is 0 Å². The van der Waals surface area contributed by atoms with Crippen LogP contribution >= 0.6 is 0 Å². The minimum Gasteiger partial charge on any atom is -0.399 e. The number of aromatic nitrogens is 1. The standard InChI is InChI=1S/C11H13N3O3S/c1-8-6-9(12)2-3-11(8)18(15,16)14-7-10-4-5-13-17-10/h2-6,14H,7,12H2,1H3. The summed E-state index contributed by atoms with van der Waals surface area (Å²) in [6, 6.07) is 6.24. The minimum atomic E-state index is -3.58. The Balaban J connectivity index is 2.20. The fourth-order valence-electron chi connectivity index (χ4n) is 1.55. The monoisotopic (exact) mass is 267 g/mol. The Labute approximate surface area is 105 Å². The van der Waals surface area contributed by atoms with E-state index < -0.39 is 10.0 Å². The Morgan fingerprint density at radius 1 is 1.39 bits per heavy atom. The summed E-state index contributed by atoms with van der Waals surface area (Å²) in [4.78, 5) is 0.205. The third kappa shape index (κ3) is 2.69. The highest BCUT2D eigenvalue weighted by atomic mass is 32.2. The summed E-state index contributed by atoms with van der Waals surface area (Å²) < 4.78 is 31.3. The van der Waals surface area contributed by atoms with Crippen LogP contribution in [0.2, 0.25) is 0 Å². The average Bonchev–Trinajstić information content (AvgIpc) is 2.78. The van der Waals surface area contributed by atoms with Crippen molar-refractivity contribution in [2.24, 2.45) is 0 Å². The zero-order chi connectivity index (χ0) is 13.2. The number of sulfonamides is 1. The lowest BCUT2D eigenvalue weighted by Crippen LogP contribution is -2.23. The number of benzene rings is 1. The molecule has 0 fully saturated rings. The maximum Gasteiger partial charge on any atom is 0.241 e. The number of rotatable bonds is 4. The zero-order valence-corrected chi connectivity index (χ0v) is 10.6. The first-order valence-electron chi connectivity index (χ1n) is 5.24. The van der Waals surface area contributed by atoms with Crippen LogP contribution in [0.3, 0.4) is 0 Å². The quantitative estimate of drug-likeness (QED) is 0.807. The number of nitrogens with two attached hydrogens (primary N) is 1. The Morgan fingerprint density at radius 3 is 2.78 bits per heavy atom. The molecule has 2 aromatic rings. The highest BCUT2D eigenvalue weighted by Gasteiger charge is 2.17. The lowest BCUT2D eigenvalue weighted by atomic mass is 10.2. The van der Waals surface area contributed by atoms with Crippen LogP contribution in [0.4, 0.5) is 5.69 Å². The summed E-state index contributed by atoms with van der Waals surface area (Å²) in [7, 11) is -3.58. The molecular weight excluding hydrogens is 254 g/mol. The highest BCUT2D eigenvalue weighted by Crippen LogP contribution is 2.17. The molecule has 0 unspecified atom stereocenters. The number of nitrogens with one attached hydrogen (secondary N) is 1. The van der Waals surface area contributed by atoms with Crippen molar-refractivity contribution in [1.29, 1.82) is 0 Å². The van der Waals surface area contributed by atoms with Crippen LogP contribution in [-0.2, 0) is 16.6 Å². The van der Waals surface area contributed by atoms with Gasteiger partial charge in [-0.15, -0.1) is 0 Å². The van der Waals surface area contributed by atoms with E-state index in [0.29, 0.717) is 17.0 Å². The first kappa shape index (κ1) is 12.6. The van der Waals surface area contributed by atoms with E-state index in [1.54, 1.807) is 25.1 Å². The van der Waals surface area contributed by atoms with E-state index >= 15 is 0 Å². The van der Waals surface area contributed by atoms with E-state index in [-0.39, 0.29) is 11.4 Å². The number of anilines is 1. The van der Waals surface area contributed by atoms with Gasteiger partial charge in [0.05, 0.1) is 17.6 Å². The highest BCUT2D eigenvalue weighted by molar-refractivity contribution is 7.89. The molecule has 2 rings (SSSR count). The molecule has 0 atom stereocenters. The van der Waals surface area contributed by atoms with Gasteiger partial charge in [-0.05, 0) is 30.7 Å². The third-order valence-corrected chi connectivity index (χ3v) is 3.98. The predicted molar refractivity (Wildman–Crippen MR) is 66.1 cm³/mol. The molecule has 18 heavy (non-hydrogen) atoms. The molecule has 1 aromatic carbocycles. The van der Waals surface area contributed by atoms with E-state index in [1.807, 2.05) is 0 Å². The van der Waals surface area contributed by atoms with Crippen molar-refractivity contribution in [1.82, 2.24) is 9.88 Å². The van der Waals surface area contributed by atoms with Crippen molar-refractivity contribution in [3.8, 4) is 0 Å². The summed E-state index contributed by atoms with van der Waals surface area (Å²) in [6.07, 6.45) is 1.46. The average molecular weight is 267 g/mol. The van der Waals surface area contributed by atoms with E-state index in [1.165, 1.54) is 12.3 Å². The number of nitrogen functional groups attached to an aromatic ring is 1. The molecule has 0 aliphatic heterocycles. The fourth-order valence-corrected chi connectivity index (χ4v) is 2.77. The number of nitrogens with zero attached hydrogens (tertiary/aromatic N) is 1. The van der Waals surface area contributed by atoms with E-state index in [4.69, 9.17) is 10.3 Å². The van der Waals surface area contributed by atoms with Crippen LogP contribution in [0.25, 0.3) is 0 Å². The number of aryl methyl sites for hydroxylation is 1. The van der Waals surface area contributed by atoms with Gasteiger partial charge in [0, 0.05) is 11.8 Å². The maximum absolute atomic E-state index is 12.0. The van der Waals surface area contributed by atoms with Crippen LogP contribution in [-0.4, -0.2) is 13.6 Å². The molecule has 1 heterocycles. The molecule has 0 aliphatic carbocycles. The molecule has 0 spiro atoms. The van der Waals surface area contributed by atoms with Crippen LogP contribution in [0.15, 0.2) is 39.9 Å². The summed E-state index contributed by atoms with van der Waals surface area (Å²) in [5.74, 6) is 0.451. The number of hydrogen-bond donors (Lipinski definition) is 2. The Kier molecular flexibility index (Phi) is 3.35. The zero-order valence-electron chi connectivity index (χ0n) is 9.75. The van der Waals surface area contributed by atoms with E-state index in [0.717, 1.165) is 0 Å². The molecule has 3 N–H and O–H groups in total. The van der Waals surface area contributed by atoms with Crippen LogP contribution in [0, 0.1) is 6.92 Å². The summed E-state index contributed by atoms with van der Waals surface area (Å²) in [5, 5.41) is 3.50. The normalized spacial score (nSPS) is 11.6. The van der Waals surface area contributed by atoms with Gasteiger partial charge >= 0.3 is 0 Å². The van der Waals surface area contributed by atoms with Gasteiger partial charge in [-0.1, -0.05) is 5.16 Å². The molecule has 0 saturated heterocycles. The Morgan fingerprint density at radius 2 is 2.17 bits per heavy atom. The first-order valence-corrected chi connectivity index (χ1v) is 6.73. The van der Waals surface area contributed by atoms with Crippen molar-refractivity contribution in [2.45, 2.75) is 18.4 Å². The SMILES string of the molecule is Cc1cc(N)ccc1S(=O)(=O)NCc1ccno1. The summed E-state index contributed by atoms with van der Waals surface area (Å²) >= 11 is 0. The minimum absolute atomic E-state index is 0.0617. The van der Waals surface area contributed by atoms with Crippen molar-refractivity contribution in [2.75, 3.05) is 5.73 Å². The van der Waals surface area contributed by atoms with Gasteiger partial charge in [0.15, 0.2) is 5.76 Å². The molecule has 0 bridgehead atoms. The lowest BCUT2D eigenvalue weighted by Gasteiger charge is -2.08. The van der Waals surface area contributed by atoms with Gasteiger partial charge in [-0.2, -0.15) is 0 Å².